The quantitative estimate of drug-likeness (QED) is 0.530. The van der Waals surface area contributed by atoms with Gasteiger partial charge in [0, 0.05) is 6.42 Å². The highest BCUT2D eigenvalue weighted by Gasteiger charge is 2.07. The van der Waals surface area contributed by atoms with E-state index in [0.717, 1.165) is 6.07 Å². The van der Waals surface area contributed by atoms with Crippen LogP contribution in [-0.2, 0) is 4.79 Å². The van der Waals surface area contributed by atoms with Crippen molar-refractivity contribution < 1.29 is 18.3 Å². The summed E-state index contributed by atoms with van der Waals surface area (Å²) in [6, 6.07) is 3.65. The zero-order valence-corrected chi connectivity index (χ0v) is 6.80. The van der Waals surface area contributed by atoms with Gasteiger partial charge in [0.05, 0.1) is 6.61 Å². The molecule has 0 radical (unpaired) electrons. The summed E-state index contributed by atoms with van der Waals surface area (Å²) in [5.41, 5.74) is 0. The van der Waals surface area contributed by atoms with Gasteiger partial charge in [0.2, 0.25) is 5.82 Å². The number of hydrogen-bond donors (Lipinski definition) is 0. The van der Waals surface area contributed by atoms with E-state index in [1.807, 2.05) is 0 Å². The third-order valence-electron chi connectivity index (χ3n) is 1.41. The van der Waals surface area contributed by atoms with E-state index in [2.05, 4.69) is 0 Å². The number of aldehydes is 1. The van der Waals surface area contributed by atoms with Crippen LogP contribution < -0.4 is 4.74 Å². The minimum Gasteiger partial charge on any atom is -0.490 e. The highest BCUT2D eigenvalue weighted by molar-refractivity contribution is 5.49. The Hall–Kier alpha value is -1.45. The molecule has 0 fully saturated rings. The van der Waals surface area contributed by atoms with Crippen LogP contribution in [0.4, 0.5) is 8.78 Å². The first kappa shape index (κ1) is 9.64. The van der Waals surface area contributed by atoms with Gasteiger partial charge in [0.25, 0.3) is 0 Å². The molecule has 0 atom stereocenters. The maximum absolute atomic E-state index is 12.8. The normalized spacial score (nSPS) is 9.69. The predicted molar refractivity (Wildman–Crippen MR) is 42.5 cm³/mol. The van der Waals surface area contributed by atoms with E-state index in [1.165, 1.54) is 12.1 Å². The van der Waals surface area contributed by atoms with E-state index in [1.54, 1.807) is 0 Å². The van der Waals surface area contributed by atoms with Gasteiger partial charge in [-0.25, -0.2) is 4.39 Å². The molecule has 0 aliphatic carbocycles. The molecule has 0 aromatic heterocycles. The second kappa shape index (κ2) is 4.54. The number of hydrogen-bond acceptors (Lipinski definition) is 2. The van der Waals surface area contributed by atoms with Gasteiger partial charge in [0.1, 0.15) is 6.29 Å². The summed E-state index contributed by atoms with van der Waals surface area (Å²) >= 11 is 0. The zero-order chi connectivity index (χ0) is 9.68. The predicted octanol–water partition coefficient (Wildman–Crippen LogP) is 1.93. The second-order valence-electron chi connectivity index (χ2n) is 2.36. The SMILES string of the molecule is O=CCCOc1cccc(F)c1F. The number of benzene rings is 1. The van der Waals surface area contributed by atoms with Crippen molar-refractivity contribution in [3.05, 3.63) is 29.8 Å². The number of rotatable bonds is 4. The van der Waals surface area contributed by atoms with Gasteiger partial charge in [-0.1, -0.05) is 6.07 Å². The van der Waals surface area contributed by atoms with E-state index in [4.69, 9.17) is 4.74 Å². The molecule has 1 aromatic rings. The molecule has 0 bridgehead atoms. The summed E-state index contributed by atoms with van der Waals surface area (Å²) in [4.78, 5) is 9.90. The maximum atomic E-state index is 12.8. The first-order valence-electron chi connectivity index (χ1n) is 3.76. The Labute approximate surface area is 74.1 Å². The zero-order valence-electron chi connectivity index (χ0n) is 6.80. The van der Waals surface area contributed by atoms with Crippen LogP contribution in [0.5, 0.6) is 5.75 Å². The van der Waals surface area contributed by atoms with Crippen molar-refractivity contribution in [1.82, 2.24) is 0 Å². The lowest BCUT2D eigenvalue weighted by Gasteiger charge is -2.04. The van der Waals surface area contributed by atoms with Crippen molar-refractivity contribution in [3.63, 3.8) is 0 Å². The third kappa shape index (κ3) is 2.50. The molecule has 0 saturated carbocycles. The van der Waals surface area contributed by atoms with Crippen molar-refractivity contribution in [2.45, 2.75) is 6.42 Å². The molecule has 0 heterocycles. The Kier molecular flexibility index (Phi) is 3.37. The Morgan fingerprint density at radius 2 is 2.15 bits per heavy atom. The van der Waals surface area contributed by atoms with Gasteiger partial charge < -0.3 is 9.53 Å². The lowest BCUT2D eigenvalue weighted by Crippen LogP contribution is -2.00. The van der Waals surface area contributed by atoms with E-state index < -0.39 is 11.6 Å². The standard InChI is InChI=1S/C9H8F2O2/c10-7-3-1-4-8(9(7)11)13-6-2-5-12/h1,3-5H,2,6H2. The molecule has 13 heavy (non-hydrogen) atoms. The first-order valence-corrected chi connectivity index (χ1v) is 3.76. The van der Waals surface area contributed by atoms with E-state index >= 15 is 0 Å². The van der Waals surface area contributed by atoms with Crippen LogP contribution in [-0.4, -0.2) is 12.9 Å². The molecule has 0 unspecified atom stereocenters. The molecule has 2 nitrogen and oxygen atoms in total. The van der Waals surface area contributed by atoms with Gasteiger partial charge in [0.15, 0.2) is 11.6 Å². The van der Waals surface area contributed by atoms with Crippen LogP contribution >= 0.6 is 0 Å². The number of halogens is 2. The smallest absolute Gasteiger partial charge is 0.200 e. The number of carbonyl (C=O) groups excluding carboxylic acids is 1. The number of carbonyl (C=O) groups is 1. The van der Waals surface area contributed by atoms with Crippen LogP contribution in [0.2, 0.25) is 0 Å². The average molecular weight is 186 g/mol. The van der Waals surface area contributed by atoms with Crippen molar-refractivity contribution in [2.75, 3.05) is 6.61 Å². The Morgan fingerprint density at radius 3 is 2.85 bits per heavy atom. The highest BCUT2D eigenvalue weighted by atomic mass is 19.2. The van der Waals surface area contributed by atoms with Crippen molar-refractivity contribution in [3.8, 4) is 5.75 Å². The fourth-order valence-electron chi connectivity index (χ4n) is 0.812. The summed E-state index contributed by atoms with van der Waals surface area (Å²) in [6.45, 7) is 0.0594. The fraction of sp³-hybridized carbons (Fsp3) is 0.222. The molecule has 0 saturated heterocycles. The van der Waals surface area contributed by atoms with Gasteiger partial charge in [-0.3, -0.25) is 0 Å². The molecule has 0 aliphatic heterocycles. The molecule has 70 valence electrons. The summed E-state index contributed by atoms with van der Waals surface area (Å²) < 4.78 is 30.2. The fourth-order valence-corrected chi connectivity index (χ4v) is 0.812. The largest absolute Gasteiger partial charge is 0.490 e. The highest BCUT2D eigenvalue weighted by Crippen LogP contribution is 2.18. The third-order valence-corrected chi connectivity index (χ3v) is 1.41. The molecule has 0 aliphatic rings. The van der Waals surface area contributed by atoms with Crippen molar-refractivity contribution >= 4 is 6.29 Å². The lowest BCUT2D eigenvalue weighted by molar-refractivity contribution is -0.108. The van der Waals surface area contributed by atoms with E-state index in [9.17, 15) is 13.6 Å². The summed E-state index contributed by atoms with van der Waals surface area (Å²) in [7, 11) is 0. The monoisotopic (exact) mass is 186 g/mol. The van der Waals surface area contributed by atoms with Crippen LogP contribution in [0.15, 0.2) is 18.2 Å². The molecule has 0 amide bonds. The van der Waals surface area contributed by atoms with Crippen molar-refractivity contribution in [1.29, 1.82) is 0 Å². The topological polar surface area (TPSA) is 26.3 Å². The minimum absolute atomic E-state index is 0.0594. The summed E-state index contributed by atoms with van der Waals surface area (Å²) in [5, 5.41) is 0. The summed E-state index contributed by atoms with van der Waals surface area (Å²) in [5.74, 6) is -2.14. The van der Waals surface area contributed by atoms with Gasteiger partial charge in [-0.2, -0.15) is 4.39 Å². The minimum atomic E-state index is -1.02. The molecular formula is C9H8F2O2. The molecular weight excluding hydrogens is 178 g/mol. The first-order chi connectivity index (χ1) is 6.25. The Balaban J connectivity index is 2.65. The second-order valence-corrected chi connectivity index (χ2v) is 2.36. The van der Waals surface area contributed by atoms with Gasteiger partial charge in [-0.15, -0.1) is 0 Å². The van der Waals surface area contributed by atoms with Crippen molar-refractivity contribution in [2.24, 2.45) is 0 Å². The van der Waals surface area contributed by atoms with E-state index in [0.29, 0.717) is 6.29 Å². The van der Waals surface area contributed by atoms with Gasteiger partial charge in [-0.05, 0) is 12.1 Å². The summed E-state index contributed by atoms with van der Waals surface area (Å²) in [6.07, 6.45) is 0.813. The van der Waals surface area contributed by atoms with Crippen LogP contribution in [0.1, 0.15) is 6.42 Å². The lowest BCUT2D eigenvalue weighted by atomic mass is 10.3. The molecule has 1 aromatic carbocycles. The average Bonchev–Trinajstić information content (AvgIpc) is 2.13. The van der Waals surface area contributed by atoms with Crippen LogP contribution in [0.3, 0.4) is 0 Å². The van der Waals surface area contributed by atoms with Gasteiger partial charge >= 0.3 is 0 Å². The molecule has 1 rings (SSSR count). The van der Waals surface area contributed by atoms with Crippen LogP contribution in [0, 0.1) is 11.6 Å². The Morgan fingerprint density at radius 1 is 1.38 bits per heavy atom. The molecule has 0 spiro atoms. The maximum Gasteiger partial charge on any atom is 0.200 e. The Bertz CT molecular complexity index is 300. The molecule has 0 N–H and O–H groups in total. The van der Waals surface area contributed by atoms with E-state index in [-0.39, 0.29) is 18.8 Å². The molecule has 4 heteroatoms. The van der Waals surface area contributed by atoms with Crippen LogP contribution in [0.25, 0.3) is 0 Å². The number of ether oxygens (including phenoxy) is 1.